The van der Waals surface area contributed by atoms with Crippen molar-refractivity contribution in [2.24, 2.45) is 10.2 Å². The van der Waals surface area contributed by atoms with Gasteiger partial charge in [-0.2, -0.15) is 5.01 Å². The van der Waals surface area contributed by atoms with Crippen LogP contribution < -0.4 is 10.0 Å². The van der Waals surface area contributed by atoms with Gasteiger partial charge >= 0.3 is 0 Å². The molecule has 0 amide bonds. The van der Waals surface area contributed by atoms with Gasteiger partial charge in [0.2, 0.25) is 5.11 Å². The lowest BCUT2D eigenvalue weighted by atomic mass is 10.4. The molecule has 0 radical (unpaired) electrons. The number of anilines is 3. The maximum atomic E-state index is 5.63. The third kappa shape index (κ3) is 4.47. The van der Waals surface area contributed by atoms with E-state index in [1.807, 2.05) is 60.7 Å². The second-order valence-corrected chi connectivity index (χ2v) is 6.22. The zero-order valence-electron chi connectivity index (χ0n) is 15.7. The molecule has 4 heterocycles. The van der Waals surface area contributed by atoms with E-state index in [1.165, 1.54) is 0 Å². The largest absolute Gasteiger partial charge is 0.241 e. The maximum Gasteiger partial charge on any atom is 0.241 e. The Balaban J connectivity index is 1.81. The van der Waals surface area contributed by atoms with E-state index < -0.39 is 0 Å². The number of hydrazine groups is 1. The quantitative estimate of drug-likeness (QED) is 0.262. The minimum atomic E-state index is 0.149. The maximum absolute atomic E-state index is 5.63. The number of hydrogen-bond donors (Lipinski definition) is 0. The Hall–Kier alpha value is -4.11. The van der Waals surface area contributed by atoms with E-state index in [9.17, 15) is 0 Å². The summed E-state index contributed by atoms with van der Waals surface area (Å²) in [5, 5.41) is 11.9. The fourth-order valence-corrected chi connectivity index (χ4v) is 2.81. The molecule has 4 aromatic rings. The van der Waals surface area contributed by atoms with E-state index >= 15 is 0 Å². The Morgan fingerprint density at radius 1 is 0.633 bits per heavy atom. The lowest BCUT2D eigenvalue weighted by Gasteiger charge is -2.33. The first kappa shape index (κ1) is 19.2. The molecule has 0 aliphatic heterocycles. The Labute approximate surface area is 178 Å². The van der Waals surface area contributed by atoms with Crippen LogP contribution in [0.25, 0.3) is 0 Å². The van der Waals surface area contributed by atoms with E-state index in [2.05, 4.69) is 30.2 Å². The van der Waals surface area contributed by atoms with Crippen LogP contribution >= 0.6 is 12.2 Å². The van der Waals surface area contributed by atoms with Crippen molar-refractivity contribution in [3.8, 4) is 0 Å². The second kappa shape index (κ2) is 9.39. The molecule has 0 bridgehead atoms. The summed E-state index contributed by atoms with van der Waals surface area (Å²) in [6, 6.07) is 22.0. The van der Waals surface area contributed by atoms with Crippen molar-refractivity contribution in [2.75, 3.05) is 10.0 Å². The van der Waals surface area contributed by atoms with Crippen LogP contribution in [-0.2, 0) is 0 Å². The standard InChI is InChI=1S/C21H16N8S/c30-21(27-26-17-9-1-5-13-22-17)29(20-12-4-8-16-25-20)28(18-10-2-6-14-23-18)19-11-3-7-15-24-19/h1-16H. The molecule has 146 valence electrons. The molecule has 0 N–H and O–H groups in total. The molecule has 30 heavy (non-hydrogen) atoms. The highest BCUT2D eigenvalue weighted by Crippen LogP contribution is 2.28. The van der Waals surface area contributed by atoms with E-state index in [-0.39, 0.29) is 5.11 Å². The first-order chi connectivity index (χ1) is 14.8. The molecule has 0 atom stereocenters. The van der Waals surface area contributed by atoms with Crippen molar-refractivity contribution in [1.29, 1.82) is 0 Å². The lowest BCUT2D eigenvalue weighted by molar-refractivity contribution is 0.934. The monoisotopic (exact) mass is 412 g/mol. The van der Waals surface area contributed by atoms with Gasteiger partial charge < -0.3 is 0 Å². The van der Waals surface area contributed by atoms with Gasteiger partial charge in [0.15, 0.2) is 23.3 Å². The molecule has 0 unspecified atom stereocenters. The average Bonchev–Trinajstić information content (AvgIpc) is 2.83. The molecule has 0 aromatic carbocycles. The molecule has 4 rings (SSSR count). The summed E-state index contributed by atoms with van der Waals surface area (Å²) in [6.45, 7) is 0. The van der Waals surface area contributed by atoms with Crippen molar-refractivity contribution in [3.05, 3.63) is 97.6 Å². The highest BCUT2D eigenvalue weighted by atomic mass is 32.1. The van der Waals surface area contributed by atoms with Gasteiger partial charge in [-0.25, -0.2) is 24.9 Å². The number of rotatable bonds is 5. The SMILES string of the molecule is S=C(N=Nc1ccccn1)N(c1ccccn1)N(c1ccccn1)c1ccccn1. The molecule has 9 heteroatoms. The molecule has 0 saturated carbocycles. The van der Waals surface area contributed by atoms with Crippen LogP contribution in [0.15, 0.2) is 108 Å². The van der Waals surface area contributed by atoms with Gasteiger partial charge in [0, 0.05) is 24.8 Å². The minimum Gasteiger partial charge on any atom is -0.237 e. The Bertz CT molecular complexity index is 1070. The van der Waals surface area contributed by atoms with Crippen molar-refractivity contribution in [2.45, 2.75) is 0 Å². The fourth-order valence-electron chi connectivity index (χ4n) is 2.59. The van der Waals surface area contributed by atoms with Crippen LogP contribution in [0.5, 0.6) is 0 Å². The van der Waals surface area contributed by atoms with Gasteiger partial charge in [-0.3, -0.25) is 0 Å². The number of pyridine rings is 4. The summed E-state index contributed by atoms with van der Waals surface area (Å²) in [5.41, 5.74) is 0. The predicted octanol–water partition coefficient (Wildman–Crippen LogP) is 4.90. The van der Waals surface area contributed by atoms with Crippen molar-refractivity contribution < 1.29 is 0 Å². The zero-order chi connectivity index (χ0) is 20.6. The molecular weight excluding hydrogens is 396 g/mol. The summed E-state index contributed by atoms with van der Waals surface area (Å²) >= 11 is 5.63. The van der Waals surface area contributed by atoms with E-state index in [1.54, 1.807) is 46.9 Å². The first-order valence-corrected chi connectivity index (χ1v) is 9.44. The van der Waals surface area contributed by atoms with Gasteiger partial charge in [-0.05, 0) is 60.7 Å². The van der Waals surface area contributed by atoms with Gasteiger partial charge in [0.25, 0.3) is 0 Å². The van der Waals surface area contributed by atoms with E-state index in [0.717, 1.165) is 0 Å². The second-order valence-electron chi connectivity index (χ2n) is 5.86. The lowest BCUT2D eigenvalue weighted by Crippen LogP contribution is -2.44. The highest BCUT2D eigenvalue weighted by molar-refractivity contribution is 7.80. The summed E-state index contributed by atoms with van der Waals surface area (Å²) in [6.07, 6.45) is 6.71. The van der Waals surface area contributed by atoms with Crippen LogP contribution in [0.2, 0.25) is 0 Å². The van der Waals surface area contributed by atoms with Gasteiger partial charge in [-0.1, -0.05) is 24.3 Å². The van der Waals surface area contributed by atoms with Crippen molar-refractivity contribution >= 4 is 40.6 Å². The number of hydrogen-bond acceptors (Lipinski definition) is 7. The summed E-state index contributed by atoms with van der Waals surface area (Å²) in [4.78, 5) is 17.6. The fraction of sp³-hybridized carbons (Fsp3) is 0. The molecule has 0 spiro atoms. The van der Waals surface area contributed by atoms with Crippen molar-refractivity contribution in [1.82, 2.24) is 19.9 Å². The molecule has 0 fully saturated rings. The van der Waals surface area contributed by atoms with Gasteiger partial charge in [-0.15, -0.1) is 10.2 Å². The summed E-state index contributed by atoms with van der Waals surface area (Å²) < 4.78 is 0. The zero-order valence-corrected chi connectivity index (χ0v) is 16.5. The number of thiocarbonyl (C=S) groups is 1. The van der Waals surface area contributed by atoms with Gasteiger partial charge in [0.1, 0.15) is 0 Å². The third-order valence-electron chi connectivity index (χ3n) is 3.87. The van der Waals surface area contributed by atoms with Crippen LogP contribution in [-0.4, -0.2) is 25.0 Å². The van der Waals surface area contributed by atoms with Crippen molar-refractivity contribution in [3.63, 3.8) is 0 Å². The summed E-state index contributed by atoms with van der Waals surface area (Å²) in [5.74, 6) is 2.18. The highest BCUT2D eigenvalue weighted by Gasteiger charge is 2.26. The normalized spacial score (nSPS) is 10.7. The summed E-state index contributed by atoms with van der Waals surface area (Å²) in [7, 11) is 0. The average molecular weight is 412 g/mol. The van der Waals surface area contributed by atoms with Gasteiger partial charge in [0.05, 0.1) is 0 Å². The molecule has 0 saturated heterocycles. The van der Waals surface area contributed by atoms with Crippen LogP contribution in [0.4, 0.5) is 23.3 Å². The number of azo groups is 1. The molecule has 8 nitrogen and oxygen atoms in total. The molecule has 0 aliphatic carbocycles. The third-order valence-corrected chi connectivity index (χ3v) is 4.12. The predicted molar refractivity (Wildman–Crippen MR) is 119 cm³/mol. The van der Waals surface area contributed by atoms with Crippen LogP contribution in [0.3, 0.4) is 0 Å². The molecule has 0 aliphatic rings. The molecular formula is C21H16N8S. The molecule has 4 aromatic heterocycles. The number of nitrogens with zero attached hydrogens (tertiary/aromatic N) is 8. The Morgan fingerprint density at radius 2 is 1.13 bits per heavy atom. The first-order valence-electron chi connectivity index (χ1n) is 9.03. The number of aromatic nitrogens is 4. The topological polar surface area (TPSA) is 82.8 Å². The van der Waals surface area contributed by atoms with Crippen LogP contribution in [0, 0.1) is 0 Å². The van der Waals surface area contributed by atoms with E-state index in [0.29, 0.717) is 23.3 Å². The van der Waals surface area contributed by atoms with Crippen LogP contribution in [0.1, 0.15) is 0 Å². The van der Waals surface area contributed by atoms with E-state index in [4.69, 9.17) is 12.2 Å². The Kier molecular flexibility index (Phi) is 6.02. The Morgan fingerprint density at radius 3 is 1.60 bits per heavy atom. The minimum absolute atomic E-state index is 0.149. The smallest absolute Gasteiger partial charge is 0.237 e.